The van der Waals surface area contributed by atoms with E-state index in [0.29, 0.717) is 24.4 Å². The van der Waals surface area contributed by atoms with Crippen LogP contribution in [0.3, 0.4) is 0 Å². The number of thioether (sulfide) groups is 1. The van der Waals surface area contributed by atoms with Gasteiger partial charge in [0.2, 0.25) is 5.91 Å². The molecule has 7 nitrogen and oxygen atoms in total. The van der Waals surface area contributed by atoms with Crippen LogP contribution in [-0.2, 0) is 14.3 Å². The van der Waals surface area contributed by atoms with Crippen molar-refractivity contribution < 1.29 is 19.1 Å². The van der Waals surface area contributed by atoms with Gasteiger partial charge in [0, 0.05) is 18.2 Å². The Hall–Kier alpha value is -1.90. The summed E-state index contributed by atoms with van der Waals surface area (Å²) in [7, 11) is 0. The lowest BCUT2D eigenvalue weighted by molar-refractivity contribution is -0.138. The summed E-state index contributed by atoms with van der Waals surface area (Å²) in [6.07, 6.45) is 8.68. The van der Waals surface area contributed by atoms with Crippen LogP contribution in [0, 0.1) is 5.92 Å². The van der Waals surface area contributed by atoms with Crippen LogP contribution in [0.5, 0.6) is 0 Å². The number of piperidine rings is 1. The summed E-state index contributed by atoms with van der Waals surface area (Å²) in [5.41, 5.74) is 1.87. The molecule has 202 valence electrons. The summed E-state index contributed by atoms with van der Waals surface area (Å²) in [6, 6.07) is 7.56. The van der Waals surface area contributed by atoms with Gasteiger partial charge in [-0.1, -0.05) is 32.4 Å². The zero-order valence-electron chi connectivity index (χ0n) is 22.4. The fourth-order valence-corrected chi connectivity index (χ4v) is 7.24. The molecule has 37 heavy (non-hydrogen) atoms. The Bertz CT molecular complexity index is 987. The van der Waals surface area contributed by atoms with E-state index in [0.717, 1.165) is 6.04 Å². The molecular weight excluding hydrogens is 486 g/mol. The third kappa shape index (κ3) is 5.62. The number of ether oxygens (including phenoxy) is 1. The minimum absolute atomic E-state index is 0.0429. The van der Waals surface area contributed by atoms with E-state index < -0.39 is 12.1 Å². The van der Waals surface area contributed by atoms with E-state index >= 15 is 0 Å². The van der Waals surface area contributed by atoms with Gasteiger partial charge in [0.1, 0.15) is 18.7 Å². The van der Waals surface area contributed by atoms with E-state index in [4.69, 9.17) is 4.74 Å². The Labute approximate surface area is 225 Å². The van der Waals surface area contributed by atoms with E-state index in [2.05, 4.69) is 22.3 Å². The summed E-state index contributed by atoms with van der Waals surface area (Å²) >= 11 is 1.63. The monoisotopic (exact) mass is 527 g/mol. The van der Waals surface area contributed by atoms with Gasteiger partial charge in [-0.15, -0.1) is 0 Å². The number of ketones is 1. The Morgan fingerprint density at radius 1 is 1.11 bits per heavy atom. The normalized spacial score (nSPS) is 27.8. The lowest BCUT2D eigenvalue weighted by Gasteiger charge is -2.42. The summed E-state index contributed by atoms with van der Waals surface area (Å²) in [5, 5.41) is 3.08. The average molecular weight is 528 g/mol. The van der Waals surface area contributed by atoms with Gasteiger partial charge in [-0.2, -0.15) is 11.8 Å². The zero-order valence-corrected chi connectivity index (χ0v) is 23.2. The van der Waals surface area contributed by atoms with E-state index in [1.807, 2.05) is 32.2 Å². The Balaban J connectivity index is 1.22. The van der Waals surface area contributed by atoms with Crippen LogP contribution in [-0.4, -0.2) is 89.4 Å². The van der Waals surface area contributed by atoms with Gasteiger partial charge in [0.25, 0.3) is 5.91 Å². The maximum absolute atomic E-state index is 13.6. The smallest absolute Gasteiger partial charge is 0.251 e. The molecule has 2 amide bonds. The van der Waals surface area contributed by atoms with Crippen molar-refractivity contribution in [3.8, 4) is 0 Å². The first-order valence-corrected chi connectivity index (χ1v) is 15.3. The predicted molar refractivity (Wildman–Crippen MR) is 146 cm³/mol. The minimum Gasteiger partial charge on any atom is -0.367 e. The molecule has 1 aliphatic carbocycles. The average Bonchev–Trinajstić information content (AvgIpc) is 3.43. The molecule has 1 saturated carbocycles. The molecule has 0 spiro atoms. The number of carbonyl (C=O) groups excluding carboxylic acids is 3. The van der Waals surface area contributed by atoms with Crippen LogP contribution < -0.4 is 5.32 Å². The number of likely N-dealkylation sites (tertiary alicyclic amines) is 2. The third-order valence-electron chi connectivity index (χ3n) is 8.80. The van der Waals surface area contributed by atoms with Gasteiger partial charge < -0.3 is 19.9 Å². The van der Waals surface area contributed by atoms with Crippen molar-refractivity contribution in [2.24, 2.45) is 5.92 Å². The van der Waals surface area contributed by atoms with Crippen LogP contribution in [0.4, 0.5) is 0 Å². The van der Waals surface area contributed by atoms with Gasteiger partial charge in [-0.3, -0.25) is 14.4 Å². The summed E-state index contributed by atoms with van der Waals surface area (Å²) < 4.78 is 5.72. The van der Waals surface area contributed by atoms with Gasteiger partial charge in [0.15, 0.2) is 5.78 Å². The molecule has 4 fully saturated rings. The SMILES string of the molecule is CS[C@H]1CN(C(=O)C(CC(C)C)NC(=O)c2ccc(C3CCN(C4CCC4)CC3)cc2)[C@@H]2C(=O)CO[C@H]12. The molecule has 1 aromatic rings. The molecule has 8 heteroatoms. The Morgan fingerprint density at radius 3 is 2.41 bits per heavy atom. The fraction of sp³-hybridized carbons (Fsp3) is 0.690. The number of rotatable bonds is 8. The second-order valence-corrected chi connectivity index (χ2v) is 12.7. The number of nitrogens with one attached hydrogen (secondary N) is 1. The van der Waals surface area contributed by atoms with E-state index in [1.165, 1.54) is 50.8 Å². The van der Waals surface area contributed by atoms with Crippen LogP contribution in [0.25, 0.3) is 0 Å². The molecule has 3 heterocycles. The highest BCUT2D eigenvalue weighted by Gasteiger charge is 2.53. The topological polar surface area (TPSA) is 79.0 Å². The fourth-order valence-electron chi connectivity index (χ4n) is 6.44. The second kappa shape index (κ2) is 11.5. The first-order valence-electron chi connectivity index (χ1n) is 14.0. The maximum atomic E-state index is 13.6. The molecule has 3 saturated heterocycles. The number of nitrogens with zero attached hydrogens (tertiary/aromatic N) is 2. The molecule has 0 aromatic heterocycles. The van der Waals surface area contributed by atoms with Crippen molar-refractivity contribution in [1.29, 1.82) is 0 Å². The van der Waals surface area contributed by atoms with E-state index in [-0.39, 0.29) is 41.5 Å². The molecule has 1 aromatic carbocycles. The maximum Gasteiger partial charge on any atom is 0.251 e. The molecule has 0 radical (unpaired) electrons. The highest BCUT2D eigenvalue weighted by molar-refractivity contribution is 7.99. The van der Waals surface area contributed by atoms with Crippen LogP contribution >= 0.6 is 11.8 Å². The van der Waals surface area contributed by atoms with Gasteiger partial charge in [0.05, 0.1) is 11.4 Å². The number of hydrogen-bond acceptors (Lipinski definition) is 6. The summed E-state index contributed by atoms with van der Waals surface area (Å²) in [6.45, 7) is 6.94. The summed E-state index contributed by atoms with van der Waals surface area (Å²) in [5.74, 6) is 0.299. The van der Waals surface area contributed by atoms with Crippen molar-refractivity contribution in [2.75, 3.05) is 32.5 Å². The highest BCUT2D eigenvalue weighted by atomic mass is 32.2. The van der Waals surface area contributed by atoms with E-state index in [9.17, 15) is 14.4 Å². The van der Waals surface area contributed by atoms with Crippen molar-refractivity contribution in [3.63, 3.8) is 0 Å². The number of hydrogen-bond donors (Lipinski definition) is 1. The van der Waals surface area contributed by atoms with Gasteiger partial charge in [-0.05, 0) is 81.0 Å². The molecule has 4 aliphatic rings. The largest absolute Gasteiger partial charge is 0.367 e. The molecule has 4 atom stereocenters. The number of Topliss-reactive ketones (excluding diaryl/α,β-unsaturated/α-hetero) is 1. The number of carbonyl (C=O) groups is 3. The van der Waals surface area contributed by atoms with Gasteiger partial charge >= 0.3 is 0 Å². The molecule has 1 N–H and O–H groups in total. The molecule has 0 bridgehead atoms. The van der Waals surface area contributed by atoms with E-state index in [1.54, 1.807) is 16.7 Å². The first kappa shape index (κ1) is 26.7. The van der Waals surface area contributed by atoms with Crippen LogP contribution in [0.1, 0.15) is 74.2 Å². The highest BCUT2D eigenvalue weighted by Crippen LogP contribution is 2.35. The zero-order chi connectivity index (χ0) is 26.1. The number of benzene rings is 1. The number of fused-ring (bicyclic) bond motifs is 1. The third-order valence-corrected chi connectivity index (χ3v) is 9.82. The summed E-state index contributed by atoms with van der Waals surface area (Å²) in [4.78, 5) is 43.7. The van der Waals surface area contributed by atoms with Gasteiger partial charge in [-0.25, -0.2) is 0 Å². The lowest BCUT2D eigenvalue weighted by atomic mass is 9.85. The Morgan fingerprint density at radius 2 is 1.81 bits per heavy atom. The molecule has 3 aliphatic heterocycles. The Kier molecular flexibility index (Phi) is 8.27. The van der Waals surface area contributed by atoms with Crippen LogP contribution in [0.2, 0.25) is 0 Å². The first-order chi connectivity index (χ1) is 17.9. The lowest BCUT2D eigenvalue weighted by Crippen LogP contribution is -2.52. The second-order valence-electron chi connectivity index (χ2n) is 11.6. The van der Waals surface area contributed by atoms with Crippen molar-refractivity contribution >= 4 is 29.4 Å². The quantitative estimate of drug-likeness (QED) is 0.558. The standard InChI is InChI=1S/C29H41N3O4S/c1-18(2)15-23(29(35)32-16-25(37-3)27-26(32)24(33)17-36-27)30-28(34)21-9-7-19(8-10-21)20-11-13-31(14-12-20)22-5-4-6-22/h7-10,18,20,22-23,25-27H,4-6,11-17H2,1-3H3,(H,30,34)/t23?,25-,26+,27+/m0/s1. The number of amides is 2. The molecule has 5 rings (SSSR count). The minimum atomic E-state index is -0.669. The predicted octanol–water partition coefficient (Wildman–Crippen LogP) is 3.47. The van der Waals surface area contributed by atoms with Crippen LogP contribution in [0.15, 0.2) is 24.3 Å². The van der Waals surface area contributed by atoms with Crippen molar-refractivity contribution in [1.82, 2.24) is 15.1 Å². The van der Waals surface area contributed by atoms with Crippen molar-refractivity contribution in [2.45, 2.75) is 87.8 Å². The van der Waals surface area contributed by atoms with Crippen molar-refractivity contribution in [3.05, 3.63) is 35.4 Å². The molecular formula is C29H41N3O4S. The molecule has 1 unspecified atom stereocenters.